The van der Waals surface area contributed by atoms with Crippen LogP contribution in [0.15, 0.2) is 47.4 Å². The average Bonchev–Trinajstić information content (AvgIpc) is 2.68. The third kappa shape index (κ3) is 3.13. The van der Waals surface area contributed by atoms with Crippen molar-refractivity contribution in [2.75, 3.05) is 31.1 Å². The molecule has 0 amide bonds. The molecule has 6 nitrogen and oxygen atoms in total. The zero-order valence-electron chi connectivity index (χ0n) is 14.3. The van der Waals surface area contributed by atoms with Gasteiger partial charge in [0.05, 0.1) is 17.1 Å². The summed E-state index contributed by atoms with van der Waals surface area (Å²) in [5.41, 5.74) is 3.97. The Bertz CT molecular complexity index is 959. The van der Waals surface area contributed by atoms with Crippen LogP contribution in [0.25, 0.3) is 17.0 Å². The molecule has 0 bridgehead atoms. The van der Waals surface area contributed by atoms with Gasteiger partial charge in [-0.2, -0.15) is 0 Å². The van der Waals surface area contributed by atoms with Crippen molar-refractivity contribution in [2.45, 2.75) is 13.3 Å². The highest BCUT2D eigenvalue weighted by Crippen LogP contribution is 2.18. The van der Waals surface area contributed by atoms with Crippen LogP contribution in [-0.4, -0.2) is 40.5 Å². The van der Waals surface area contributed by atoms with Crippen molar-refractivity contribution in [1.82, 2.24) is 19.7 Å². The van der Waals surface area contributed by atoms with E-state index in [2.05, 4.69) is 27.1 Å². The van der Waals surface area contributed by atoms with Crippen molar-refractivity contribution in [1.29, 1.82) is 0 Å². The summed E-state index contributed by atoms with van der Waals surface area (Å²) in [5.74, 6) is 0. The van der Waals surface area contributed by atoms with Gasteiger partial charge >= 0.3 is 0 Å². The summed E-state index contributed by atoms with van der Waals surface area (Å²) in [5, 5.41) is 3.34. The number of hydrogen-bond acceptors (Lipinski definition) is 5. The maximum absolute atomic E-state index is 12.6. The molecular formula is C19H21N5O. The molecule has 1 N–H and O–H groups in total. The summed E-state index contributed by atoms with van der Waals surface area (Å²) in [6, 6.07) is 11.3. The van der Waals surface area contributed by atoms with Crippen LogP contribution in [0.1, 0.15) is 12.6 Å². The third-order valence-electron chi connectivity index (χ3n) is 4.56. The van der Waals surface area contributed by atoms with Gasteiger partial charge in [-0.05, 0) is 30.7 Å². The molecule has 0 aliphatic carbocycles. The first-order chi connectivity index (χ1) is 12.2. The van der Waals surface area contributed by atoms with E-state index in [1.54, 1.807) is 10.5 Å². The first-order valence-corrected chi connectivity index (χ1v) is 8.70. The van der Waals surface area contributed by atoms with Crippen molar-refractivity contribution < 1.29 is 0 Å². The monoisotopic (exact) mass is 335 g/mol. The number of hydrogen-bond donors (Lipinski definition) is 1. The normalized spacial score (nSPS) is 14.8. The van der Waals surface area contributed by atoms with Gasteiger partial charge in [-0.25, -0.2) is 4.98 Å². The molecule has 0 saturated carbocycles. The van der Waals surface area contributed by atoms with Crippen LogP contribution >= 0.6 is 0 Å². The maximum Gasteiger partial charge on any atom is 0.258 e. The quantitative estimate of drug-likeness (QED) is 0.790. The molecule has 1 fully saturated rings. The van der Waals surface area contributed by atoms with Gasteiger partial charge in [0.2, 0.25) is 0 Å². The minimum Gasteiger partial charge on any atom is -0.368 e. The van der Waals surface area contributed by atoms with E-state index in [0.29, 0.717) is 11.3 Å². The average molecular weight is 335 g/mol. The first kappa shape index (κ1) is 15.8. The van der Waals surface area contributed by atoms with Crippen molar-refractivity contribution in [2.24, 2.45) is 0 Å². The van der Waals surface area contributed by atoms with Crippen LogP contribution in [0, 0.1) is 0 Å². The topological polar surface area (TPSA) is 62.5 Å². The van der Waals surface area contributed by atoms with Gasteiger partial charge < -0.3 is 10.2 Å². The molecule has 0 atom stereocenters. The fourth-order valence-electron chi connectivity index (χ4n) is 3.15. The van der Waals surface area contributed by atoms with Crippen molar-refractivity contribution in [3.8, 4) is 11.4 Å². The predicted octanol–water partition coefficient (Wildman–Crippen LogP) is 1.73. The Morgan fingerprint density at radius 1 is 1.08 bits per heavy atom. The Morgan fingerprint density at radius 2 is 1.92 bits per heavy atom. The molecule has 6 heteroatoms. The Kier molecular flexibility index (Phi) is 4.19. The fraction of sp³-hybridized carbons (Fsp3) is 0.316. The Labute approximate surface area is 146 Å². The number of nitrogens with one attached hydrogen (secondary N) is 1. The summed E-state index contributed by atoms with van der Waals surface area (Å²) >= 11 is 0. The lowest BCUT2D eigenvalue weighted by Crippen LogP contribution is -2.43. The number of pyridine rings is 2. The van der Waals surface area contributed by atoms with Gasteiger partial charge in [-0.3, -0.25) is 14.2 Å². The number of fused-ring (bicyclic) bond motifs is 1. The molecule has 1 aliphatic heterocycles. The smallest absolute Gasteiger partial charge is 0.258 e. The van der Waals surface area contributed by atoms with Crippen molar-refractivity contribution in [3.05, 3.63) is 58.6 Å². The largest absolute Gasteiger partial charge is 0.368 e. The highest BCUT2D eigenvalue weighted by molar-refractivity contribution is 5.59. The number of aromatic nitrogens is 3. The molecule has 1 saturated heterocycles. The first-order valence-electron chi connectivity index (χ1n) is 8.70. The second-order valence-corrected chi connectivity index (χ2v) is 6.20. The van der Waals surface area contributed by atoms with Crippen LogP contribution in [0.2, 0.25) is 0 Å². The van der Waals surface area contributed by atoms with E-state index < -0.39 is 0 Å². The van der Waals surface area contributed by atoms with Crippen LogP contribution in [-0.2, 0) is 6.42 Å². The fourth-order valence-corrected chi connectivity index (χ4v) is 3.15. The lowest BCUT2D eigenvalue weighted by Gasteiger charge is -2.29. The maximum atomic E-state index is 12.6. The van der Waals surface area contributed by atoms with E-state index in [9.17, 15) is 4.79 Å². The molecule has 3 aromatic rings. The van der Waals surface area contributed by atoms with E-state index in [0.717, 1.165) is 49.7 Å². The minimum absolute atomic E-state index is 0.0827. The minimum atomic E-state index is -0.0827. The lowest BCUT2D eigenvalue weighted by molar-refractivity contribution is 0.588. The molecule has 0 unspecified atom stereocenters. The predicted molar refractivity (Wildman–Crippen MR) is 99.2 cm³/mol. The van der Waals surface area contributed by atoms with Crippen LogP contribution < -0.4 is 15.8 Å². The molecule has 128 valence electrons. The van der Waals surface area contributed by atoms with E-state index in [1.807, 2.05) is 36.5 Å². The molecule has 0 radical (unpaired) electrons. The number of nitrogens with zero attached hydrogens (tertiary/aromatic N) is 4. The van der Waals surface area contributed by atoms with Crippen molar-refractivity contribution >= 4 is 11.3 Å². The number of rotatable bonds is 3. The summed E-state index contributed by atoms with van der Waals surface area (Å²) in [4.78, 5) is 24.1. The molecular weight excluding hydrogens is 314 g/mol. The standard InChI is InChI=1S/C19H21N5O/c1-2-14-4-3-5-16(21-14)17-12-19(25)24-13-15(6-7-18(24)22-17)23-10-8-20-9-11-23/h3-7,12-13,20H,2,8-11H2,1H3. The zero-order chi connectivity index (χ0) is 17.2. The van der Waals surface area contributed by atoms with Gasteiger partial charge in [0.1, 0.15) is 5.65 Å². The van der Waals surface area contributed by atoms with Gasteiger partial charge in [0, 0.05) is 44.1 Å². The van der Waals surface area contributed by atoms with Crippen LogP contribution in [0.4, 0.5) is 5.69 Å². The summed E-state index contributed by atoms with van der Waals surface area (Å²) < 4.78 is 1.62. The Morgan fingerprint density at radius 3 is 2.72 bits per heavy atom. The van der Waals surface area contributed by atoms with E-state index in [4.69, 9.17) is 0 Å². The van der Waals surface area contributed by atoms with Gasteiger partial charge in [0.15, 0.2) is 0 Å². The molecule has 4 heterocycles. The molecule has 25 heavy (non-hydrogen) atoms. The van der Waals surface area contributed by atoms with Crippen LogP contribution in [0.5, 0.6) is 0 Å². The van der Waals surface area contributed by atoms with E-state index in [-0.39, 0.29) is 5.56 Å². The molecule has 3 aromatic heterocycles. The van der Waals surface area contributed by atoms with Crippen molar-refractivity contribution in [3.63, 3.8) is 0 Å². The molecule has 0 spiro atoms. The highest BCUT2D eigenvalue weighted by Gasteiger charge is 2.12. The SMILES string of the molecule is CCc1cccc(-c2cc(=O)n3cc(N4CCNCC4)ccc3n2)n1. The van der Waals surface area contributed by atoms with Gasteiger partial charge in [0.25, 0.3) is 5.56 Å². The van der Waals surface area contributed by atoms with Crippen LogP contribution in [0.3, 0.4) is 0 Å². The van der Waals surface area contributed by atoms with Gasteiger partial charge in [-0.15, -0.1) is 0 Å². The number of piperazine rings is 1. The Balaban J connectivity index is 1.76. The summed E-state index contributed by atoms with van der Waals surface area (Å²) in [6.45, 7) is 5.87. The lowest BCUT2D eigenvalue weighted by atomic mass is 10.2. The number of aryl methyl sites for hydroxylation is 1. The molecule has 0 aromatic carbocycles. The number of anilines is 1. The molecule has 1 aliphatic rings. The zero-order valence-corrected chi connectivity index (χ0v) is 14.3. The summed E-state index contributed by atoms with van der Waals surface area (Å²) in [6.07, 6.45) is 2.74. The second kappa shape index (κ2) is 6.64. The van der Waals surface area contributed by atoms with Gasteiger partial charge in [-0.1, -0.05) is 13.0 Å². The Hall–Kier alpha value is -2.73. The summed E-state index contributed by atoms with van der Waals surface area (Å²) in [7, 11) is 0. The van der Waals surface area contributed by atoms with E-state index in [1.165, 1.54) is 0 Å². The highest BCUT2D eigenvalue weighted by atomic mass is 16.1. The third-order valence-corrected chi connectivity index (χ3v) is 4.56. The molecule has 4 rings (SSSR count). The second-order valence-electron chi connectivity index (χ2n) is 6.20. The van der Waals surface area contributed by atoms with E-state index >= 15 is 0 Å².